The summed E-state index contributed by atoms with van der Waals surface area (Å²) >= 11 is 0. The van der Waals surface area contributed by atoms with Crippen LogP contribution in [-0.4, -0.2) is 42.0 Å². The Morgan fingerprint density at radius 3 is 2.18 bits per heavy atom. The summed E-state index contributed by atoms with van der Waals surface area (Å²) < 4.78 is 29.4. The van der Waals surface area contributed by atoms with Crippen molar-refractivity contribution in [3.63, 3.8) is 0 Å². The van der Waals surface area contributed by atoms with Gasteiger partial charge in [-0.15, -0.1) is 0 Å². The molecule has 2 aromatic carbocycles. The van der Waals surface area contributed by atoms with Gasteiger partial charge in [0.05, 0.1) is 4.90 Å². The average Bonchev–Trinajstić information content (AvgIpc) is 3.29. The van der Waals surface area contributed by atoms with Crippen LogP contribution in [0.5, 0.6) is 0 Å². The molecule has 1 saturated heterocycles. The average molecular weight is 476 g/mol. The first-order valence-corrected chi connectivity index (χ1v) is 13.0. The number of hydrogen-bond donors (Lipinski definition) is 0. The molecule has 0 amide bonds. The highest BCUT2D eigenvalue weighted by molar-refractivity contribution is 7.90. The van der Waals surface area contributed by atoms with Gasteiger partial charge in [0.2, 0.25) is 0 Å². The number of hydrogen-bond acceptors (Lipinski definition) is 4. The molecule has 6 nitrogen and oxygen atoms in total. The van der Waals surface area contributed by atoms with Crippen LogP contribution in [-0.2, 0) is 17.1 Å². The summed E-state index contributed by atoms with van der Waals surface area (Å²) in [6.07, 6.45) is 5.58. The van der Waals surface area contributed by atoms with Crippen LogP contribution in [0, 0.1) is 6.92 Å². The van der Waals surface area contributed by atoms with E-state index in [1.807, 2.05) is 6.92 Å². The fourth-order valence-electron chi connectivity index (χ4n) is 4.86. The molecule has 1 aliphatic rings. The maximum atomic E-state index is 13.4. The van der Waals surface area contributed by atoms with Gasteiger partial charge in [0.15, 0.2) is 0 Å². The molecular formula is C27H29N3O3S. The van der Waals surface area contributed by atoms with Crippen LogP contribution in [0.3, 0.4) is 0 Å². The van der Waals surface area contributed by atoms with Crippen molar-refractivity contribution in [1.82, 2.24) is 13.4 Å². The number of fused-ring (bicyclic) bond motifs is 1. The smallest absolute Gasteiger partial charge is 0.275 e. The highest BCUT2D eigenvalue weighted by atomic mass is 32.2. The van der Waals surface area contributed by atoms with E-state index in [0.717, 1.165) is 46.6 Å². The lowest BCUT2D eigenvalue weighted by molar-refractivity contribution is 0.255. The first-order valence-electron chi connectivity index (χ1n) is 11.6. The van der Waals surface area contributed by atoms with Crippen molar-refractivity contribution in [2.75, 3.05) is 20.1 Å². The largest absolute Gasteiger partial charge is 0.316 e. The third kappa shape index (κ3) is 3.89. The molecule has 0 N–H and O–H groups in total. The number of nitrogens with zero attached hydrogens (tertiary/aromatic N) is 3. The quantitative estimate of drug-likeness (QED) is 0.440. The van der Waals surface area contributed by atoms with E-state index in [1.165, 1.54) is 16.3 Å². The van der Waals surface area contributed by atoms with Crippen LogP contribution in [0.2, 0.25) is 0 Å². The Morgan fingerprint density at radius 2 is 1.53 bits per heavy atom. The minimum atomic E-state index is -3.90. The van der Waals surface area contributed by atoms with E-state index in [1.54, 1.807) is 43.6 Å². The van der Waals surface area contributed by atoms with Crippen molar-refractivity contribution in [1.29, 1.82) is 0 Å². The Morgan fingerprint density at radius 1 is 0.882 bits per heavy atom. The number of piperidine rings is 1. The zero-order valence-electron chi connectivity index (χ0n) is 19.7. The monoisotopic (exact) mass is 475 g/mol. The van der Waals surface area contributed by atoms with Crippen LogP contribution >= 0.6 is 0 Å². The maximum Gasteiger partial charge on any atom is 0.275 e. The lowest BCUT2D eigenvalue weighted by Crippen LogP contribution is -2.29. The summed E-state index contributed by atoms with van der Waals surface area (Å²) in [6.45, 7) is 4.12. The van der Waals surface area contributed by atoms with E-state index >= 15 is 0 Å². The van der Waals surface area contributed by atoms with Crippen molar-refractivity contribution in [2.24, 2.45) is 7.05 Å². The van der Waals surface area contributed by atoms with Gasteiger partial charge in [0.1, 0.15) is 5.52 Å². The first kappa shape index (κ1) is 22.6. The van der Waals surface area contributed by atoms with Gasteiger partial charge in [0.25, 0.3) is 15.6 Å². The fourth-order valence-corrected chi connectivity index (χ4v) is 6.21. The van der Waals surface area contributed by atoms with Crippen LogP contribution in [0.4, 0.5) is 0 Å². The molecule has 0 radical (unpaired) electrons. The van der Waals surface area contributed by atoms with Gasteiger partial charge in [0, 0.05) is 30.4 Å². The number of pyridine rings is 1. The predicted molar refractivity (Wildman–Crippen MR) is 136 cm³/mol. The molecule has 0 unspecified atom stereocenters. The Bertz CT molecular complexity index is 1510. The second kappa shape index (κ2) is 8.56. The minimum Gasteiger partial charge on any atom is -0.316 e. The highest BCUT2D eigenvalue weighted by Crippen LogP contribution is 2.32. The van der Waals surface area contributed by atoms with E-state index in [0.29, 0.717) is 11.3 Å². The molecule has 7 heteroatoms. The SMILES string of the molecule is Cc1ccc(S(=O)(=O)n2ccc3c(-c4ccc(C5CCN(C)CC5)cc4)cn(C)c(=O)c32)cc1. The van der Waals surface area contributed by atoms with Gasteiger partial charge in [-0.2, -0.15) is 0 Å². The van der Waals surface area contributed by atoms with E-state index in [-0.39, 0.29) is 16.0 Å². The number of aromatic nitrogens is 2. The molecule has 0 aliphatic carbocycles. The molecule has 2 aromatic heterocycles. The number of benzene rings is 2. The summed E-state index contributed by atoms with van der Waals surface area (Å²) in [5.41, 5.74) is 3.92. The van der Waals surface area contributed by atoms with Gasteiger partial charge in [-0.25, -0.2) is 12.4 Å². The van der Waals surface area contributed by atoms with E-state index in [4.69, 9.17) is 0 Å². The lowest BCUT2D eigenvalue weighted by atomic mass is 9.88. The van der Waals surface area contributed by atoms with E-state index in [9.17, 15) is 13.2 Å². The molecule has 1 aliphatic heterocycles. The molecule has 0 saturated carbocycles. The van der Waals surface area contributed by atoms with E-state index in [2.05, 4.69) is 36.2 Å². The fraction of sp³-hybridized carbons (Fsp3) is 0.296. The zero-order valence-corrected chi connectivity index (χ0v) is 20.5. The second-order valence-electron chi connectivity index (χ2n) is 9.35. The topological polar surface area (TPSA) is 64.3 Å². The van der Waals surface area contributed by atoms with Gasteiger partial charge in [-0.05, 0) is 75.1 Å². The molecule has 5 rings (SSSR count). The molecule has 34 heavy (non-hydrogen) atoms. The maximum absolute atomic E-state index is 13.4. The highest BCUT2D eigenvalue weighted by Gasteiger charge is 2.23. The van der Waals surface area contributed by atoms with Crippen molar-refractivity contribution in [3.8, 4) is 11.1 Å². The normalized spacial score (nSPS) is 15.7. The van der Waals surface area contributed by atoms with Crippen molar-refractivity contribution >= 4 is 20.9 Å². The van der Waals surface area contributed by atoms with E-state index < -0.39 is 10.0 Å². The molecule has 176 valence electrons. The summed E-state index contributed by atoms with van der Waals surface area (Å²) in [5.74, 6) is 0.561. The molecule has 1 fully saturated rings. The van der Waals surface area contributed by atoms with Crippen LogP contribution < -0.4 is 5.56 Å². The Labute approximate surface area is 200 Å². The summed E-state index contributed by atoms with van der Waals surface area (Å²) in [4.78, 5) is 15.6. The second-order valence-corrected chi connectivity index (χ2v) is 11.2. The van der Waals surface area contributed by atoms with Gasteiger partial charge in [-0.3, -0.25) is 4.79 Å². The standard InChI is InChI=1S/C27H29N3O3S/c1-19-4-10-23(11-5-19)34(32,33)30-17-14-24-25(18-29(3)27(31)26(24)30)22-8-6-20(7-9-22)21-12-15-28(2)16-13-21/h4-11,14,17-18,21H,12-13,15-16H2,1-3H3. The van der Waals surface area contributed by atoms with Gasteiger partial charge >= 0.3 is 0 Å². The van der Waals surface area contributed by atoms with Gasteiger partial charge in [-0.1, -0.05) is 42.0 Å². The summed E-state index contributed by atoms with van der Waals surface area (Å²) in [6, 6.07) is 16.9. The van der Waals surface area contributed by atoms with Crippen molar-refractivity contribution < 1.29 is 8.42 Å². The number of aryl methyl sites for hydroxylation is 2. The summed E-state index contributed by atoms with van der Waals surface area (Å²) in [7, 11) is -0.0808. The van der Waals surface area contributed by atoms with Crippen molar-refractivity contribution in [2.45, 2.75) is 30.6 Å². The minimum absolute atomic E-state index is 0.158. The van der Waals surface area contributed by atoms with Crippen molar-refractivity contribution in [3.05, 3.63) is 88.5 Å². The predicted octanol–water partition coefficient (Wildman–Crippen LogP) is 4.36. The molecule has 0 bridgehead atoms. The zero-order chi connectivity index (χ0) is 24.0. The van der Waals surface area contributed by atoms with Crippen LogP contribution in [0.1, 0.15) is 29.9 Å². The Balaban J connectivity index is 1.59. The summed E-state index contributed by atoms with van der Waals surface area (Å²) in [5, 5.41) is 0.630. The third-order valence-corrected chi connectivity index (χ3v) is 8.67. The third-order valence-electron chi connectivity index (χ3n) is 6.98. The molecular weight excluding hydrogens is 446 g/mol. The molecule has 0 atom stereocenters. The van der Waals surface area contributed by atoms with Gasteiger partial charge < -0.3 is 9.47 Å². The molecule has 4 aromatic rings. The molecule has 3 heterocycles. The Hall–Kier alpha value is -3.16. The molecule has 0 spiro atoms. The Kier molecular flexibility index (Phi) is 5.70. The lowest BCUT2D eigenvalue weighted by Gasteiger charge is -2.29. The first-order chi connectivity index (χ1) is 16.3. The van der Waals surface area contributed by atoms with Crippen LogP contribution in [0.15, 0.2) is 76.7 Å². The van der Waals surface area contributed by atoms with Crippen LogP contribution in [0.25, 0.3) is 22.0 Å². The number of likely N-dealkylation sites (tertiary alicyclic amines) is 1. The number of rotatable bonds is 4.